The molecule has 2 unspecified atom stereocenters. The standard InChI is InChI=1S/C12H17N3O2/c13-12(17)11-6-9(3-4-14-11)15-7-8-1-2-10(16)5-8/h3-4,6,8,10,16H,1-2,5,7H2,(H2,13,17)(H,14,15). The molecule has 0 aliphatic heterocycles. The number of aliphatic hydroxyl groups is 1. The summed E-state index contributed by atoms with van der Waals surface area (Å²) in [6.07, 6.45) is 4.18. The third-order valence-electron chi connectivity index (χ3n) is 3.12. The lowest BCUT2D eigenvalue weighted by molar-refractivity contribution is 0.0995. The summed E-state index contributed by atoms with van der Waals surface area (Å²) < 4.78 is 0. The number of carbonyl (C=O) groups is 1. The maximum Gasteiger partial charge on any atom is 0.267 e. The summed E-state index contributed by atoms with van der Waals surface area (Å²) >= 11 is 0. The predicted molar refractivity (Wildman–Crippen MR) is 64.6 cm³/mol. The molecule has 1 saturated carbocycles. The van der Waals surface area contributed by atoms with Crippen molar-refractivity contribution >= 4 is 11.6 Å². The number of rotatable bonds is 4. The molecular formula is C12H17N3O2. The molecule has 1 aliphatic rings. The van der Waals surface area contributed by atoms with Gasteiger partial charge in [0.05, 0.1) is 6.10 Å². The van der Waals surface area contributed by atoms with Crippen LogP contribution in [0.25, 0.3) is 0 Å². The predicted octanol–water partition coefficient (Wildman–Crippen LogP) is 0.753. The van der Waals surface area contributed by atoms with Crippen LogP contribution in [0.15, 0.2) is 18.3 Å². The van der Waals surface area contributed by atoms with Gasteiger partial charge in [0.15, 0.2) is 0 Å². The molecule has 92 valence electrons. The second kappa shape index (κ2) is 5.14. The van der Waals surface area contributed by atoms with Gasteiger partial charge in [-0.1, -0.05) is 0 Å². The van der Waals surface area contributed by atoms with Gasteiger partial charge in [-0.2, -0.15) is 0 Å². The van der Waals surface area contributed by atoms with E-state index >= 15 is 0 Å². The molecule has 1 heterocycles. The van der Waals surface area contributed by atoms with Gasteiger partial charge in [-0.05, 0) is 37.3 Å². The summed E-state index contributed by atoms with van der Waals surface area (Å²) in [7, 11) is 0. The Hall–Kier alpha value is -1.62. The van der Waals surface area contributed by atoms with Crippen molar-refractivity contribution in [3.63, 3.8) is 0 Å². The first-order chi connectivity index (χ1) is 8.15. The van der Waals surface area contributed by atoms with Crippen LogP contribution in [0.2, 0.25) is 0 Å². The number of primary amides is 1. The SMILES string of the molecule is NC(=O)c1cc(NCC2CCC(O)C2)ccn1. The molecule has 5 heteroatoms. The average Bonchev–Trinajstić information content (AvgIpc) is 2.73. The molecule has 0 aromatic carbocycles. The van der Waals surface area contributed by atoms with E-state index in [1.165, 1.54) is 0 Å². The zero-order chi connectivity index (χ0) is 12.3. The minimum atomic E-state index is -0.523. The molecule has 5 nitrogen and oxygen atoms in total. The van der Waals surface area contributed by atoms with Gasteiger partial charge in [0, 0.05) is 18.4 Å². The highest BCUT2D eigenvalue weighted by Crippen LogP contribution is 2.25. The zero-order valence-corrected chi connectivity index (χ0v) is 9.60. The Balaban J connectivity index is 1.90. The number of nitrogens with two attached hydrogens (primary N) is 1. The van der Waals surface area contributed by atoms with Crippen LogP contribution < -0.4 is 11.1 Å². The Morgan fingerprint density at radius 2 is 2.41 bits per heavy atom. The highest BCUT2D eigenvalue weighted by atomic mass is 16.3. The second-order valence-corrected chi connectivity index (χ2v) is 4.51. The van der Waals surface area contributed by atoms with E-state index < -0.39 is 5.91 Å². The Morgan fingerprint density at radius 3 is 3.06 bits per heavy atom. The molecule has 0 saturated heterocycles. The smallest absolute Gasteiger partial charge is 0.267 e. The van der Waals surface area contributed by atoms with E-state index in [-0.39, 0.29) is 11.8 Å². The highest BCUT2D eigenvalue weighted by molar-refractivity contribution is 5.91. The number of hydrogen-bond acceptors (Lipinski definition) is 4. The van der Waals surface area contributed by atoms with Crippen molar-refractivity contribution in [1.82, 2.24) is 4.98 Å². The Morgan fingerprint density at radius 1 is 1.59 bits per heavy atom. The minimum absolute atomic E-state index is 0.152. The topological polar surface area (TPSA) is 88.2 Å². The molecule has 1 aliphatic carbocycles. The van der Waals surface area contributed by atoms with Crippen LogP contribution in [0.1, 0.15) is 29.8 Å². The maximum atomic E-state index is 11.0. The molecular weight excluding hydrogens is 218 g/mol. The van der Waals surface area contributed by atoms with Gasteiger partial charge in [0.2, 0.25) is 0 Å². The van der Waals surface area contributed by atoms with Crippen LogP contribution in [0.4, 0.5) is 5.69 Å². The first-order valence-electron chi connectivity index (χ1n) is 5.83. The van der Waals surface area contributed by atoms with Gasteiger partial charge in [0.1, 0.15) is 5.69 Å². The van der Waals surface area contributed by atoms with Gasteiger partial charge in [-0.25, -0.2) is 0 Å². The second-order valence-electron chi connectivity index (χ2n) is 4.51. The number of nitrogens with one attached hydrogen (secondary N) is 1. The summed E-state index contributed by atoms with van der Waals surface area (Å²) in [6.45, 7) is 0.805. The van der Waals surface area contributed by atoms with Crippen molar-refractivity contribution in [2.45, 2.75) is 25.4 Å². The molecule has 2 rings (SSSR count). The van der Waals surface area contributed by atoms with Crippen molar-refractivity contribution in [2.75, 3.05) is 11.9 Å². The third-order valence-corrected chi connectivity index (χ3v) is 3.12. The van der Waals surface area contributed by atoms with Crippen molar-refractivity contribution in [1.29, 1.82) is 0 Å². The highest BCUT2D eigenvalue weighted by Gasteiger charge is 2.22. The lowest BCUT2D eigenvalue weighted by atomic mass is 10.1. The lowest BCUT2D eigenvalue weighted by Gasteiger charge is -2.12. The van der Waals surface area contributed by atoms with Crippen molar-refractivity contribution < 1.29 is 9.90 Å². The fraction of sp³-hybridized carbons (Fsp3) is 0.500. The number of anilines is 1. The third kappa shape index (κ3) is 3.17. The summed E-state index contributed by atoms with van der Waals surface area (Å²) in [6, 6.07) is 3.45. The van der Waals surface area contributed by atoms with Crippen LogP contribution in [0.5, 0.6) is 0 Å². The molecule has 0 spiro atoms. The summed E-state index contributed by atoms with van der Waals surface area (Å²) in [5.74, 6) is -0.0277. The van der Waals surface area contributed by atoms with E-state index in [0.29, 0.717) is 5.92 Å². The lowest BCUT2D eigenvalue weighted by Crippen LogP contribution is -2.15. The molecule has 1 aromatic heterocycles. The van der Waals surface area contributed by atoms with Gasteiger partial charge >= 0.3 is 0 Å². The minimum Gasteiger partial charge on any atom is -0.393 e. The molecule has 17 heavy (non-hydrogen) atoms. The van der Waals surface area contributed by atoms with Crippen molar-refractivity contribution in [3.8, 4) is 0 Å². The Labute approximate surface area is 100 Å². The van der Waals surface area contributed by atoms with Crippen molar-refractivity contribution in [3.05, 3.63) is 24.0 Å². The summed E-state index contributed by atoms with van der Waals surface area (Å²) in [4.78, 5) is 14.8. The first-order valence-corrected chi connectivity index (χ1v) is 5.83. The van der Waals surface area contributed by atoms with Crippen LogP contribution in [0, 0.1) is 5.92 Å². The molecule has 2 atom stereocenters. The van der Waals surface area contributed by atoms with E-state index in [9.17, 15) is 9.90 Å². The summed E-state index contributed by atoms with van der Waals surface area (Å²) in [5.41, 5.74) is 6.26. The number of amides is 1. The zero-order valence-electron chi connectivity index (χ0n) is 9.60. The first kappa shape index (κ1) is 11.9. The molecule has 0 bridgehead atoms. The van der Waals surface area contributed by atoms with Crippen LogP contribution >= 0.6 is 0 Å². The quantitative estimate of drug-likeness (QED) is 0.718. The van der Waals surface area contributed by atoms with Crippen molar-refractivity contribution in [2.24, 2.45) is 11.7 Å². The van der Waals surface area contributed by atoms with Gasteiger partial charge in [0.25, 0.3) is 5.91 Å². The molecule has 1 aromatic rings. The number of hydrogen-bond donors (Lipinski definition) is 3. The Bertz CT molecular complexity index is 408. The van der Waals surface area contributed by atoms with E-state index in [1.807, 2.05) is 0 Å². The van der Waals surface area contributed by atoms with E-state index in [0.717, 1.165) is 31.5 Å². The van der Waals surface area contributed by atoms with E-state index in [4.69, 9.17) is 5.73 Å². The van der Waals surface area contributed by atoms with E-state index in [2.05, 4.69) is 10.3 Å². The molecule has 0 radical (unpaired) electrons. The normalized spacial score (nSPS) is 23.6. The van der Waals surface area contributed by atoms with Gasteiger partial charge < -0.3 is 16.2 Å². The number of aliphatic hydroxyl groups excluding tert-OH is 1. The van der Waals surface area contributed by atoms with Crippen LogP contribution in [0.3, 0.4) is 0 Å². The molecule has 1 amide bonds. The summed E-state index contributed by atoms with van der Waals surface area (Å²) in [5, 5.41) is 12.7. The number of pyridine rings is 1. The van der Waals surface area contributed by atoms with E-state index in [1.54, 1.807) is 18.3 Å². The number of nitrogens with zero attached hydrogens (tertiary/aromatic N) is 1. The molecule has 4 N–H and O–H groups in total. The Kier molecular flexibility index (Phi) is 3.58. The monoisotopic (exact) mass is 235 g/mol. The van der Waals surface area contributed by atoms with Crippen LogP contribution in [-0.4, -0.2) is 28.6 Å². The van der Waals surface area contributed by atoms with Gasteiger partial charge in [-0.15, -0.1) is 0 Å². The fourth-order valence-electron chi connectivity index (χ4n) is 2.17. The number of aromatic nitrogens is 1. The largest absolute Gasteiger partial charge is 0.393 e. The van der Waals surface area contributed by atoms with Gasteiger partial charge in [-0.3, -0.25) is 9.78 Å². The maximum absolute atomic E-state index is 11.0. The fourth-order valence-corrected chi connectivity index (χ4v) is 2.17. The average molecular weight is 235 g/mol. The molecule has 1 fully saturated rings. The van der Waals surface area contributed by atoms with Crippen LogP contribution in [-0.2, 0) is 0 Å². The number of carbonyl (C=O) groups excluding carboxylic acids is 1.